The summed E-state index contributed by atoms with van der Waals surface area (Å²) in [7, 11) is 1.71. The molecule has 0 aliphatic heterocycles. The molecular formula is C13H13F2NO. The molecule has 0 saturated heterocycles. The van der Waals surface area contributed by atoms with Gasteiger partial charge in [-0.2, -0.15) is 0 Å². The zero-order valence-electron chi connectivity index (χ0n) is 9.41. The Hall–Kier alpha value is -1.68. The maximum atomic E-state index is 13.6. The van der Waals surface area contributed by atoms with Crippen molar-refractivity contribution in [2.45, 2.75) is 12.5 Å². The Morgan fingerprint density at radius 1 is 1.29 bits per heavy atom. The molecule has 2 nitrogen and oxygen atoms in total. The van der Waals surface area contributed by atoms with Gasteiger partial charge in [-0.15, -0.1) is 0 Å². The fourth-order valence-corrected chi connectivity index (χ4v) is 1.78. The first-order valence-electron chi connectivity index (χ1n) is 5.35. The van der Waals surface area contributed by atoms with E-state index in [0.717, 1.165) is 17.9 Å². The SMILES string of the molecule is CNC(Cc1ccco1)c1cc(F)ccc1F. The average Bonchev–Trinajstić information content (AvgIpc) is 2.82. The van der Waals surface area contributed by atoms with Crippen LogP contribution in [0.3, 0.4) is 0 Å². The van der Waals surface area contributed by atoms with E-state index in [9.17, 15) is 8.78 Å². The number of rotatable bonds is 4. The highest BCUT2D eigenvalue weighted by Crippen LogP contribution is 2.22. The molecule has 1 atom stereocenters. The van der Waals surface area contributed by atoms with Gasteiger partial charge < -0.3 is 9.73 Å². The van der Waals surface area contributed by atoms with E-state index in [1.54, 1.807) is 19.4 Å². The number of hydrogen-bond donors (Lipinski definition) is 1. The summed E-state index contributed by atoms with van der Waals surface area (Å²) < 4.78 is 31.9. The number of halogens is 2. The molecule has 1 unspecified atom stereocenters. The minimum Gasteiger partial charge on any atom is -0.469 e. The van der Waals surface area contributed by atoms with Crippen molar-refractivity contribution in [2.75, 3.05) is 7.05 Å². The first kappa shape index (κ1) is 11.8. The Morgan fingerprint density at radius 2 is 2.12 bits per heavy atom. The lowest BCUT2D eigenvalue weighted by atomic mass is 10.0. The first-order valence-corrected chi connectivity index (χ1v) is 5.35. The molecule has 1 heterocycles. The molecule has 1 aromatic carbocycles. The number of likely N-dealkylation sites (N-methyl/N-ethyl adjacent to an activating group) is 1. The van der Waals surface area contributed by atoms with Crippen molar-refractivity contribution in [3.8, 4) is 0 Å². The number of hydrogen-bond acceptors (Lipinski definition) is 2. The van der Waals surface area contributed by atoms with Crippen LogP contribution in [0.5, 0.6) is 0 Å². The summed E-state index contributed by atoms with van der Waals surface area (Å²) in [6.45, 7) is 0. The molecule has 1 N–H and O–H groups in total. The quantitative estimate of drug-likeness (QED) is 0.884. The van der Waals surface area contributed by atoms with Crippen LogP contribution in [0.2, 0.25) is 0 Å². The van der Waals surface area contributed by atoms with Gasteiger partial charge >= 0.3 is 0 Å². The van der Waals surface area contributed by atoms with Crippen molar-refractivity contribution in [1.82, 2.24) is 5.32 Å². The standard InChI is InChI=1S/C13H13F2NO/c1-16-13(8-10-3-2-6-17-10)11-7-9(14)4-5-12(11)15/h2-7,13,16H,8H2,1H3. The minimum atomic E-state index is -0.443. The van der Waals surface area contributed by atoms with Gasteiger partial charge in [0.05, 0.1) is 6.26 Å². The third-order valence-corrected chi connectivity index (χ3v) is 2.67. The highest BCUT2D eigenvalue weighted by atomic mass is 19.1. The Labute approximate surface area is 98.3 Å². The molecule has 0 aliphatic rings. The van der Waals surface area contributed by atoms with Crippen LogP contribution >= 0.6 is 0 Å². The Bertz CT molecular complexity index is 482. The van der Waals surface area contributed by atoms with Gasteiger partial charge in [0.2, 0.25) is 0 Å². The number of benzene rings is 1. The molecule has 90 valence electrons. The zero-order chi connectivity index (χ0) is 12.3. The molecule has 0 fully saturated rings. The molecule has 2 aromatic rings. The van der Waals surface area contributed by atoms with Crippen molar-refractivity contribution in [3.63, 3.8) is 0 Å². The summed E-state index contributed by atoms with van der Waals surface area (Å²) in [6.07, 6.45) is 2.04. The predicted octanol–water partition coefficient (Wildman–Crippen LogP) is 3.06. The second-order valence-corrected chi connectivity index (χ2v) is 3.79. The maximum Gasteiger partial charge on any atom is 0.128 e. The van der Waals surface area contributed by atoms with Crippen LogP contribution < -0.4 is 5.32 Å². The molecule has 0 spiro atoms. The van der Waals surface area contributed by atoms with E-state index in [1.807, 2.05) is 6.07 Å². The minimum absolute atomic E-state index is 0.308. The highest BCUT2D eigenvalue weighted by molar-refractivity contribution is 5.23. The van der Waals surface area contributed by atoms with E-state index < -0.39 is 11.6 Å². The Balaban J connectivity index is 2.25. The van der Waals surface area contributed by atoms with Crippen molar-refractivity contribution >= 4 is 0 Å². The van der Waals surface area contributed by atoms with Crippen molar-refractivity contribution < 1.29 is 13.2 Å². The zero-order valence-corrected chi connectivity index (χ0v) is 9.41. The summed E-state index contributed by atoms with van der Waals surface area (Å²) >= 11 is 0. The maximum absolute atomic E-state index is 13.6. The predicted molar refractivity (Wildman–Crippen MR) is 60.6 cm³/mol. The molecule has 0 aliphatic carbocycles. The third kappa shape index (κ3) is 2.71. The first-order chi connectivity index (χ1) is 8.20. The molecule has 1 aromatic heterocycles. The van der Waals surface area contributed by atoms with Crippen LogP contribution in [0, 0.1) is 11.6 Å². The van der Waals surface area contributed by atoms with E-state index in [2.05, 4.69) is 5.32 Å². The summed E-state index contributed by atoms with van der Waals surface area (Å²) in [5.74, 6) is -0.133. The number of furan rings is 1. The normalized spacial score (nSPS) is 12.6. The van der Waals surface area contributed by atoms with Crippen LogP contribution in [-0.4, -0.2) is 7.05 Å². The second-order valence-electron chi connectivity index (χ2n) is 3.79. The van der Waals surface area contributed by atoms with Crippen LogP contribution in [0.15, 0.2) is 41.0 Å². The van der Waals surface area contributed by atoms with Gasteiger partial charge in [-0.1, -0.05) is 0 Å². The largest absolute Gasteiger partial charge is 0.469 e. The second kappa shape index (κ2) is 5.10. The third-order valence-electron chi connectivity index (χ3n) is 2.67. The van der Waals surface area contributed by atoms with E-state index in [1.165, 1.54) is 6.07 Å². The molecule has 0 radical (unpaired) electrons. The topological polar surface area (TPSA) is 25.2 Å². The van der Waals surface area contributed by atoms with Gasteiger partial charge in [-0.05, 0) is 37.4 Å². The van der Waals surface area contributed by atoms with Gasteiger partial charge in [-0.3, -0.25) is 0 Å². The van der Waals surface area contributed by atoms with Gasteiger partial charge in [0.15, 0.2) is 0 Å². The van der Waals surface area contributed by atoms with Crippen LogP contribution in [0.4, 0.5) is 8.78 Å². The summed E-state index contributed by atoms with van der Waals surface area (Å²) in [4.78, 5) is 0. The fourth-order valence-electron chi connectivity index (χ4n) is 1.78. The van der Waals surface area contributed by atoms with E-state index in [4.69, 9.17) is 4.42 Å². The van der Waals surface area contributed by atoms with E-state index >= 15 is 0 Å². The summed E-state index contributed by atoms with van der Waals surface area (Å²) in [6, 6.07) is 6.72. The fraction of sp³-hybridized carbons (Fsp3) is 0.231. The lowest BCUT2D eigenvalue weighted by Gasteiger charge is -2.16. The number of nitrogens with one attached hydrogen (secondary N) is 1. The van der Waals surface area contributed by atoms with E-state index in [-0.39, 0.29) is 6.04 Å². The Kier molecular flexibility index (Phi) is 3.54. The molecule has 0 saturated carbocycles. The molecule has 17 heavy (non-hydrogen) atoms. The van der Waals surface area contributed by atoms with Crippen molar-refractivity contribution in [2.24, 2.45) is 0 Å². The van der Waals surface area contributed by atoms with E-state index in [0.29, 0.717) is 12.0 Å². The molecule has 4 heteroatoms. The van der Waals surface area contributed by atoms with Gasteiger partial charge in [0.1, 0.15) is 17.4 Å². The van der Waals surface area contributed by atoms with Crippen molar-refractivity contribution in [1.29, 1.82) is 0 Å². The molecule has 0 amide bonds. The van der Waals surface area contributed by atoms with Gasteiger partial charge in [0.25, 0.3) is 0 Å². The summed E-state index contributed by atoms with van der Waals surface area (Å²) in [5.41, 5.74) is 0.309. The van der Waals surface area contributed by atoms with Gasteiger partial charge in [0, 0.05) is 18.0 Å². The average molecular weight is 237 g/mol. The van der Waals surface area contributed by atoms with Crippen LogP contribution in [0.1, 0.15) is 17.4 Å². The van der Waals surface area contributed by atoms with Crippen LogP contribution in [0.25, 0.3) is 0 Å². The lowest BCUT2D eigenvalue weighted by Crippen LogP contribution is -2.20. The highest BCUT2D eigenvalue weighted by Gasteiger charge is 2.16. The lowest BCUT2D eigenvalue weighted by molar-refractivity contribution is 0.453. The molecular weight excluding hydrogens is 224 g/mol. The molecule has 0 bridgehead atoms. The van der Waals surface area contributed by atoms with Crippen LogP contribution in [-0.2, 0) is 6.42 Å². The molecule has 2 rings (SSSR count). The smallest absolute Gasteiger partial charge is 0.128 e. The summed E-state index contributed by atoms with van der Waals surface area (Å²) in [5, 5.41) is 2.96. The van der Waals surface area contributed by atoms with Crippen molar-refractivity contribution in [3.05, 3.63) is 59.6 Å². The Morgan fingerprint density at radius 3 is 2.76 bits per heavy atom. The van der Waals surface area contributed by atoms with Gasteiger partial charge in [-0.25, -0.2) is 8.78 Å². The monoisotopic (exact) mass is 237 g/mol.